The van der Waals surface area contributed by atoms with Crippen LogP contribution in [0.25, 0.3) is 0 Å². The maximum Gasteiger partial charge on any atom is 0.323 e. The summed E-state index contributed by atoms with van der Waals surface area (Å²) < 4.78 is 22.7. The standard InChI is InChI=1S/C41H82N2O6/c1-7-11-15-17-19-21-23-25-34-48-40(44)38(28-13-9-3)43(31-27-30-42(32-36-46-5)33-37-47-6)39(29-14-10-4)41(45)49-35-26-24-22-20-18-16-12-8-2/h38-39H,7-37H2,1-6H3. The summed E-state index contributed by atoms with van der Waals surface area (Å²) in [5, 5.41) is 0. The van der Waals surface area contributed by atoms with E-state index in [0.29, 0.717) is 45.8 Å². The molecule has 8 nitrogen and oxygen atoms in total. The molecule has 0 aromatic heterocycles. The maximum atomic E-state index is 13.8. The highest BCUT2D eigenvalue weighted by Gasteiger charge is 2.36. The summed E-state index contributed by atoms with van der Waals surface area (Å²) in [5.41, 5.74) is 0. The fraction of sp³-hybridized carbons (Fsp3) is 0.951. The number of esters is 2. The van der Waals surface area contributed by atoms with E-state index in [-0.39, 0.29) is 11.9 Å². The third-order valence-corrected chi connectivity index (χ3v) is 9.61. The Balaban J connectivity index is 5.66. The van der Waals surface area contributed by atoms with Crippen LogP contribution in [-0.2, 0) is 28.5 Å². The quantitative estimate of drug-likeness (QED) is 0.0466. The van der Waals surface area contributed by atoms with Crippen molar-refractivity contribution in [1.82, 2.24) is 9.80 Å². The van der Waals surface area contributed by atoms with Crippen LogP contribution in [0.3, 0.4) is 0 Å². The number of nitrogens with zero attached hydrogens (tertiary/aromatic N) is 2. The topological polar surface area (TPSA) is 77.5 Å². The third-order valence-electron chi connectivity index (χ3n) is 9.61. The molecule has 0 radical (unpaired) electrons. The molecule has 0 aromatic rings. The molecule has 0 aliphatic rings. The summed E-state index contributed by atoms with van der Waals surface area (Å²) in [6.07, 6.45) is 25.3. The van der Waals surface area contributed by atoms with Crippen molar-refractivity contribution < 1.29 is 28.5 Å². The predicted octanol–water partition coefficient (Wildman–Crippen LogP) is 9.76. The van der Waals surface area contributed by atoms with Gasteiger partial charge in [-0.25, -0.2) is 0 Å². The van der Waals surface area contributed by atoms with Crippen LogP contribution in [0, 0.1) is 0 Å². The summed E-state index contributed by atoms with van der Waals surface area (Å²) in [7, 11) is 3.46. The first-order chi connectivity index (χ1) is 24.0. The van der Waals surface area contributed by atoms with Crippen LogP contribution in [0.15, 0.2) is 0 Å². The van der Waals surface area contributed by atoms with Crippen molar-refractivity contribution in [3.05, 3.63) is 0 Å². The van der Waals surface area contributed by atoms with Gasteiger partial charge in [0, 0.05) is 33.9 Å². The van der Waals surface area contributed by atoms with E-state index in [1.807, 2.05) is 0 Å². The van der Waals surface area contributed by atoms with Crippen molar-refractivity contribution in [2.24, 2.45) is 0 Å². The lowest BCUT2D eigenvalue weighted by Crippen LogP contribution is -2.52. The number of carbonyl (C=O) groups excluding carboxylic acids is 2. The second kappa shape index (κ2) is 36.6. The molecule has 0 fully saturated rings. The van der Waals surface area contributed by atoms with Gasteiger partial charge in [0.25, 0.3) is 0 Å². The van der Waals surface area contributed by atoms with Gasteiger partial charge in [0.2, 0.25) is 0 Å². The zero-order chi connectivity index (χ0) is 36.2. The van der Waals surface area contributed by atoms with Crippen LogP contribution < -0.4 is 0 Å². The molecular formula is C41H82N2O6. The van der Waals surface area contributed by atoms with Gasteiger partial charge in [-0.05, 0) is 38.6 Å². The molecular weight excluding hydrogens is 616 g/mol. The molecule has 0 saturated carbocycles. The zero-order valence-corrected chi connectivity index (χ0v) is 33.4. The van der Waals surface area contributed by atoms with Crippen LogP contribution in [0.4, 0.5) is 0 Å². The highest BCUT2D eigenvalue weighted by Crippen LogP contribution is 2.21. The van der Waals surface area contributed by atoms with Crippen LogP contribution in [0.5, 0.6) is 0 Å². The van der Waals surface area contributed by atoms with E-state index < -0.39 is 12.1 Å². The van der Waals surface area contributed by atoms with Gasteiger partial charge < -0.3 is 18.9 Å². The van der Waals surface area contributed by atoms with E-state index in [0.717, 1.165) is 77.4 Å². The zero-order valence-electron chi connectivity index (χ0n) is 33.4. The summed E-state index contributed by atoms with van der Waals surface area (Å²) in [6.45, 7) is 14.1. The first-order valence-corrected chi connectivity index (χ1v) is 20.8. The summed E-state index contributed by atoms with van der Waals surface area (Å²) in [6, 6.07) is -0.893. The van der Waals surface area contributed by atoms with Crippen molar-refractivity contribution >= 4 is 11.9 Å². The van der Waals surface area contributed by atoms with Crippen LogP contribution in [-0.4, -0.2) is 101 Å². The van der Waals surface area contributed by atoms with Gasteiger partial charge in [-0.3, -0.25) is 19.4 Å². The Morgan fingerprint density at radius 2 is 0.796 bits per heavy atom. The molecule has 2 atom stereocenters. The molecule has 0 N–H and O–H groups in total. The first-order valence-electron chi connectivity index (χ1n) is 20.8. The molecule has 2 unspecified atom stereocenters. The average Bonchev–Trinajstić information content (AvgIpc) is 3.10. The van der Waals surface area contributed by atoms with E-state index in [9.17, 15) is 9.59 Å². The lowest BCUT2D eigenvalue weighted by atomic mass is 10.0. The van der Waals surface area contributed by atoms with Crippen LogP contribution in [0.2, 0.25) is 0 Å². The van der Waals surface area contributed by atoms with E-state index in [1.54, 1.807) is 14.2 Å². The summed E-state index contributed by atoms with van der Waals surface area (Å²) >= 11 is 0. The minimum atomic E-state index is -0.446. The second-order valence-electron chi connectivity index (χ2n) is 14.0. The average molecular weight is 699 g/mol. The minimum absolute atomic E-state index is 0.176. The molecule has 0 bridgehead atoms. The molecule has 292 valence electrons. The van der Waals surface area contributed by atoms with Gasteiger partial charge in [-0.1, -0.05) is 143 Å². The van der Waals surface area contributed by atoms with E-state index >= 15 is 0 Å². The monoisotopic (exact) mass is 699 g/mol. The van der Waals surface area contributed by atoms with Gasteiger partial charge in [0.1, 0.15) is 12.1 Å². The molecule has 0 rings (SSSR count). The Morgan fingerprint density at radius 3 is 1.16 bits per heavy atom. The van der Waals surface area contributed by atoms with Crippen molar-refractivity contribution in [2.45, 2.75) is 187 Å². The molecule has 0 aliphatic carbocycles. The predicted molar refractivity (Wildman–Crippen MR) is 205 cm³/mol. The van der Waals surface area contributed by atoms with Crippen LogP contribution >= 0.6 is 0 Å². The normalized spacial score (nSPS) is 12.9. The fourth-order valence-electron chi connectivity index (χ4n) is 6.42. The summed E-state index contributed by atoms with van der Waals surface area (Å²) in [4.78, 5) is 32.2. The Bertz CT molecular complexity index is 670. The number of carbonyl (C=O) groups is 2. The molecule has 0 amide bonds. The molecule has 0 spiro atoms. The Labute approximate surface area is 304 Å². The number of rotatable bonds is 38. The van der Waals surface area contributed by atoms with Gasteiger partial charge in [0.15, 0.2) is 0 Å². The van der Waals surface area contributed by atoms with Crippen LogP contribution in [0.1, 0.15) is 175 Å². The van der Waals surface area contributed by atoms with Gasteiger partial charge in [-0.2, -0.15) is 0 Å². The number of ether oxygens (including phenoxy) is 4. The third kappa shape index (κ3) is 27.1. The van der Waals surface area contributed by atoms with Crippen molar-refractivity contribution in [3.63, 3.8) is 0 Å². The lowest BCUT2D eigenvalue weighted by molar-refractivity contribution is -0.158. The van der Waals surface area contributed by atoms with Gasteiger partial charge in [0.05, 0.1) is 26.4 Å². The van der Waals surface area contributed by atoms with Gasteiger partial charge >= 0.3 is 11.9 Å². The van der Waals surface area contributed by atoms with E-state index in [2.05, 4.69) is 37.5 Å². The van der Waals surface area contributed by atoms with E-state index in [4.69, 9.17) is 18.9 Å². The Morgan fingerprint density at radius 1 is 0.429 bits per heavy atom. The largest absolute Gasteiger partial charge is 0.465 e. The number of methoxy groups -OCH3 is 2. The number of unbranched alkanes of at least 4 members (excludes halogenated alkanes) is 16. The highest BCUT2D eigenvalue weighted by atomic mass is 16.5. The first kappa shape index (κ1) is 47.8. The summed E-state index contributed by atoms with van der Waals surface area (Å²) in [5.74, 6) is -0.353. The van der Waals surface area contributed by atoms with E-state index in [1.165, 1.54) is 77.0 Å². The van der Waals surface area contributed by atoms with Crippen molar-refractivity contribution in [3.8, 4) is 0 Å². The molecule has 8 heteroatoms. The van der Waals surface area contributed by atoms with Crippen molar-refractivity contribution in [2.75, 3.05) is 66.8 Å². The number of hydrogen-bond donors (Lipinski definition) is 0. The minimum Gasteiger partial charge on any atom is -0.465 e. The lowest BCUT2D eigenvalue weighted by Gasteiger charge is -2.36. The van der Waals surface area contributed by atoms with Crippen molar-refractivity contribution in [1.29, 1.82) is 0 Å². The number of hydrogen-bond acceptors (Lipinski definition) is 8. The molecule has 0 aliphatic heterocycles. The Hall–Kier alpha value is -1.22. The maximum absolute atomic E-state index is 13.8. The second-order valence-corrected chi connectivity index (χ2v) is 14.0. The SMILES string of the molecule is CCCCCCCCCCOC(=O)C(CCCC)N(CCCN(CCOC)CCOC)C(CCCC)C(=O)OCCCCCCCCCC. The molecule has 49 heavy (non-hydrogen) atoms. The highest BCUT2D eigenvalue weighted by molar-refractivity contribution is 5.79. The molecule has 0 heterocycles. The van der Waals surface area contributed by atoms with Gasteiger partial charge in [-0.15, -0.1) is 0 Å². The molecule has 0 aromatic carbocycles. The molecule has 0 saturated heterocycles. The smallest absolute Gasteiger partial charge is 0.323 e. The Kier molecular flexibility index (Phi) is 35.7. The fourth-order valence-corrected chi connectivity index (χ4v) is 6.42.